The van der Waals surface area contributed by atoms with E-state index in [2.05, 4.69) is 22.4 Å². The Kier molecular flexibility index (Phi) is 6.69. The quantitative estimate of drug-likeness (QED) is 0.748. The summed E-state index contributed by atoms with van der Waals surface area (Å²) in [5.74, 6) is 0.677. The van der Waals surface area contributed by atoms with Gasteiger partial charge in [-0.05, 0) is 31.6 Å². The highest BCUT2D eigenvalue weighted by Gasteiger charge is 2.26. The van der Waals surface area contributed by atoms with Gasteiger partial charge in [0.15, 0.2) is 0 Å². The molecule has 0 aromatic carbocycles. The molecule has 1 fully saturated rings. The number of nitrogens with one attached hydrogen (secondary N) is 1. The minimum absolute atomic E-state index is 0.330. The summed E-state index contributed by atoms with van der Waals surface area (Å²) in [5.41, 5.74) is 0. The average Bonchev–Trinajstić information content (AvgIpc) is 2.92. The highest BCUT2D eigenvalue weighted by molar-refractivity contribution is 7.13. The molecule has 114 valence electrons. The normalized spacial score (nSPS) is 22.9. The van der Waals surface area contributed by atoms with Crippen LogP contribution in [0.4, 0.5) is 0 Å². The Balaban J connectivity index is 1.79. The minimum atomic E-state index is 0.330. The first kappa shape index (κ1) is 15.7. The largest absolute Gasteiger partial charge is 0.465 e. The van der Waals surface area contributed by atoms with Gasteiger partial charge in [-0.25, -0.2) is 0 Å². The van der Waals surface area contributed by atoms with Crippen LogP contribution in [0, 0.1) is 5.92 Å². The number of nitrogens with zero attached hydrogens (tertiary/aromatic N) is 2. The second-order valence-corrected chi connectivity index (χ2v) is 6.26. The lowest BCUT2D eigenvalue weighted by molar-refractivity contribution is 0.0893. The van der Waals surface area contributed by atoms with E-state index in [0.29, 0.717) is 18.6 Å². The highest BCUT2D eigenvalue weighted by atomic mass is 32.1. The van der Waals surface area contributed by atoms with Crippen LogP contribution in [0.2, 0.25) is 0 Å². The second kappa shape index (κ2) is 8.54. The van der Waals surface area contributed by atoms with Gasteiger partial charge in [0.05, 0.1) is 6.61 Å². The molecule has 1 aliphatic rings. The molecule has 0 spiro atoms. The van der Waals surface area contributed by atoms with E-state index >= 15 is 0 Å². The lowest BCUT2D eigenvalue weighted by Crippen LogP contribution is -2.29. The van der Waals surface area contributed by atoms with Crippen molar-refractivity contribution in [2.75, 3.05) is 20.3 Å². The first-order valence-corrected chi connectivity index (χ1v) is 8.33. The fraction of sp³-hybridized carbons (Fsp3) is 0.857. The van der Waals surface area contributed by atoms with Crippen LogP contribution in [0.15, 0.2) is 0 Å². The van der Waals surface area contributed by atoms with Crippen molar-refractivity contribution in [2.45, 2.75) is 51.7 Å². The van der Waals surface area contributed by atoms with Gasteiger partial charge in [-0.1, -0.05) is 29.8 Å². The van der Waals surface area contributed by atoms with Gasteiger partial charge in [-0.3, -0.25) is 0 Å². The zero-order valence-corrected chi connectivity index (χ0v) is 13.2. The maximum absolute atomic E-state index is 6.06. The number of ether oxygens (including phenoxy) is 2. The summed E-state index contributed by atoms with van der Waals surface area (Å²) in [5, 5.41) is 13.3. The highest BCUT2D eigenvalue weighted by Crippen LogP contribution is 2.31. The third-order valence-corrected chi connectivity index (χ3v) is 4.64. The SMILES string of the molecule is CCC1CCCCC1Oc1nnc(CNCCOC)s1. The van der Waals surface area contributed by atoms with Gasteiger partial charge in [0.1, 0.15) is 11.1 Å². The zero-order chi connectivity index (χ0) is 14.2. The number of hydrogen-bond acceptors (Lipinski definition) is 6. The van der Waals surface area contributed by atoms with Crippen LogP contribution in [-0.4, -0.2) is 36.6 Å². The van der Waals surface area contributed by atoms with Crippen LogP contribution in [0.1, 0.15) is 44.0 Å². The summed E-state index contributed by atoms with van der Waals surface area (Å²) in [7, 11) is 1.70. The Hall–Kier alpha value is -0.720. The maximum atomic E-state index is 6.06. The van der Waals surface area contributed by atoms with Gasteiger partial charge in [-0.2, -0.15) is 0 Å². The van der Waals surface area contributed by atoms with E-state index in [1.807, 2.05) is 0 Å². The molecule has 0 saturated heterocycles. The summed E-state index contributed by atoms with van der Waals surface area (Å²) < 4.78 is 11.0. The van der Waals surface area contributed by atoms with E-state index in [1.165, 1.54) is 25.7 Å². The van der Waals surface area contributed by atoms with E-state index < -0.39 is 0 Å². The Labute approximate surface area is 125 Å². The first-order valence-electron chi connectivity index (χ1n) is 7.52. The van der Waals surface area contributed by atoms with Crippen LogP contribution >= 0.6 is 11.3 Å². The van der Waals surface area contributed by atoms with Gasteiger partial charge in [0.2, 0.25) is 0 Å². The van der Waals surface area contributed by atoms with Crippen LogP contribution in [-0.2, 0) is 11.3 Å². The van der Waals surface area contributed by atoms with Gasteiger partial charge in [0, 0.05) is 20.2 Å². The maximum Gasteiger partial charge on any atom is 0.294 e. The lowest BCUT2D eigenvalue weighted by atomic mass is 9.85. The van der Waals surface area contributed by atoms with Crippen LogP contribution in [0.3, 0.4) is 0 Å². The molecule has 1 saturated carbocycles. The minimum Gasteiger partial charge on any atom is -0.465 e. The molecule has 20 heavy (non-hydrogen) atoms. The van der Waals surface area contributed by atoms with E-state index in [4.69, 9.17) is 9.47 Å². The van der Waals surface area contributed by atoms with Gasteiger partial charge < -0.3 is 14.8 Å². The molecule has 2 atom stereocenters. The molecule has 0 bridgehead atoms. The molecule has 2 rings (SSSR count). The fourth-order valence-electron chi connectivity index (χ4n) is 2.65. The Morgan fingerprint density at radius 3 is 2.95 bits per heavy atom. The molecule has 0 aliphatic heterocycles. The van der Waals surface area contributed by atoms with E-state index in [-0.39, 0.29) is 0 Å². The Bertz CT molecular complexity index is 386. The summed E-state index contributed by atoms with van der Waals surface area (Å²) in [6.07, 6.45) is 6.56. The molecule has 0 radical (unpaired) electrons. The van der Waals surface area contributed by atoms with Gasteiger partial charge in [-0.15, -0.1) is 5.10 Å². The third-order valence-electron chi connectivity index (χ3n) is 3.82. The molecule has 2 unspecified atom stereocenters. The number of rotatable bonds is 8. The van der Waals surface area contributed by atoms with E-state index in [9.17, 15) is 0 Å². The lowest BCUT2D eigenvalue weighted by Gasteiger charge is -2.29. The van der Waals surface area contributed by atoms with Crippen LogP contribution in [0.5, 0.6) is 5.19 Å². The van der Waals surface area contributed by atoms with Crippen LogP contribution < -0.4 is 10.1 Å². The smallest absolute Gasteiger partial charge is 0.294 e. The van der Waals surface area contributed by atoms with E-state index in [1.54, 1.807) is 18.4 Å². The number of hydrogen-bond donors (Lipinski definition) is 1. The summed E-state index contributed by atoms with van der Waals surface area (Å²) >= 11 is 1.55. The summed E-state index contributed by atoms with van der Waals surface area (Å²) in [6, 6.07) is 0. The van der Waals surface area contributed by atoms with Crippen molar-refractivity contribution in [3.05, 3.63) is 5.01 Å². The fourth-order valence-corrected chi connectivity index (χ4v) is 3.36. The zero-order valence-electron chi connectivity index (χ0n) is 12.4. The molecule has 1 heterocycles. The van der Waals surface area contributed by atoms with E-state index in [0.717, 1.165) is 29.7 Å². The predicted octanol–water partition coefficient (Wildman–Crippen LogP) is 2.62. The second-order valence-electron chi connectivity index (χ2n) is 5.24. The van der Waals surface area contributed by atoms with Gasteiger partial charge in [0.25, 0.3) is 5.19 Å². The van der Waals surface area contributed by atoms with Crippen molar-refractivity contribution in [1.29, 1.82) is 0 Å². The van der Waals surface area contributed by atoms with Crippen molar-refractivity contribution in [3.63, 3.8) is 0 Å². The number of methoxy groups -OCH3 is 1. The molecule has 1 aliphatic carbocycles. The number of aromatic nitrogens is 2. The van der Waals surface area contributed by atoms with Crippen molar-refractivity contribution < 1.29 is 9.47 Å². The molecule has 5 nitrogen and oxygen atoms in total. The standard InChI is InChI=1S/C14H25N3O2S/c1-3-11-6-4-5-7-12(11)19-14-17-16-13(20-14)10-15-8-9-18-2/h11-12,15H,3-10H2,1-2H3. The van der Waals surface area contributed by atoms with Crippen molar-refractivity contribution in [1.82, 2.24) is 15.5 Å². The van der Waals surface area contributed by atoms with Crippen molar-refractivity contribution in [2.24, 2.45) is 5.92 Å². The van der Waals surface area contributed by atoms with Crippen molar-refractivity contribution >= 4 is 11.3 Å². The molecular formula is C14H25N3O2S. The third kappa shape index (κ3) is 4.68. The van der Waals surface area contributed by atoms with Crippen LogP contribution in [0.25, 0.3) is 0 Å². The molecular weight excluding hydrogens is 274 g/mol. The van der Waals surface area contributed by atoms with Crippen molar-refractivity contribution in [3.8, 4) is 5.19 Å². The monoisotopic (exact) mass is 299 g/mol. The molecule has 1 aromatic rings. The van der Waals surface area contributed by atoms with Gasteiger partial charge >= 0.3 is 0 Å². The molecule has 6 heteroatoms. The topological polar surface area (TPSA) is 56.3 Å². The molecule has 0 amide bonds. The first-order chi connectivity index (χ1) is 9.83. The summed E-state index contributed by atoms with van der Waals surface area (Å²) in [4.78, 5) is 0. The Morgan fingerprint density at radius 2 is 2.15 bits per heavy atom. The average molecular weight is 299 g/mol. The molecule has 1 N–H and O–H groups in total. The molecule has 1 aromatic heterocycles. The predicted molar refractivity (Wildman–Crippen MR) is 80.2 cm³/mol. The Morgan fingerprint density at radius 1 is 1.30 bits per heavy atom. The summed E-state index contributed by atoms with van der Waals surface area (Å²) in [6.45, 7) is 4.51.